The number of aromatic nitrogens is 3. The van der Waals surface area contributed by atoms with E-state index in [0.29, 0.717) is 47.4 Å². The van der Waals surface area contributed by atoms with E-state index in [9.17, 15) is 22.8 Å². The lowest BCUT2D eigenvalue weighted by atomic mass is 9.99. The SMILES string of the molecule is CCS/C(=N\C(=O)NC(C)CCc1cccc(-c2ncn(-c3ccc(OC(F)(F)F)cc3)n2)c1)N(C=O)c1cc(C)ccc1C(C)C. The Hall–Kier alpha value is -4.65. The van der Waals surface area contributed by atoms with Gasteiger partial charge in [-0.05, 0) is 91.4 Å². The van der Waals surface area contributed by atoms with Gasteiger partial charge >= 0.3 is 12.4 Å². The van der Waals surface area contributed by atoms with E-state index in [-0.39, 0.29) is 17.7 Å². The average molecular weight is 667 g/mol. The highest BCUT2D eigenvalue weighted by atomic mass is 32.2. The summed E-state index contributed by atoms with van der Waals surface area (Å²) in [6.07, 6.45) is -1.30. The van der Waals surface area contributed by atoms with Gasteiger partial charge in [0.1, 0.15) is 12.1 Å². The summed E-state index contributed by atoms with van der Waals surface area (Å²) in [5.74, 6) is 0.925. The molecule has 0 saturated carbocycles. The summed E-state index contributed by atoms with van der Waals surface area (Å²) >= 11 is 1.32. The molecule has 4 rings (SSSR count). The molecule has 3 aromatic carbocycles. The van der Waals surface area contributed by atoms with Crippen molar-refractivity contribution in [1.29, 1.82) is 0 Å². The summed E-state index contributed by atoms with van der Waals surface area (Å²) in [7, 11) is 0. The molecular formula is C34H37F3N6O3S. The predicted molar refractivity (Wildman–Crippen MR) is 179 cm³/mol. The van der Waals surface area contributed by atoms with Crippen LogP contribution in [0.4, 0.5) is 23.7 Å². The van der Waals surface area contributed by atoms with E-state index in [1.807, 2.05) is 63.2 Å². The van der Waals surface area contributed by atoms with Crippen LogP contribution >= 0.6 is 11.8 Å². The average Bonchev–Trinajstić information content (AvgIpc) is 3.51. The normalized spacial score (nSPS) is 12.6. The summed E-state index contributed by atoms with van der Waals surface area (Å²) in [6.45, 7) is 9.89. The number of alkyl halides is 3. The minimum atomic E-state index is -4.76. The molecule has 248 valence electrons. The van der Waals surface area contributed by atoms with Gasteiger partial charge in [0.2, 0.25) is 6.41 Å². The molecule has 13 heteroatoms. The van der Waals surface area contributed by atoms with Crippen LogP contribution in [0.15, 0.2) is 78.0 Å². The zero-order valence-corrected chi connectivity index (χ0v) is 27.6. The van der Waals surface area contributed by atoms with Crippen LogP contribution in [0, 0.1) is 6.92 Å². The molecule has 47 heavy (non-hydrogen) atoms. The first-order valence-corrected chi connectivity index (χ1v) is 16.1. The van der Waals surface area contributed by atoms with Gasteiger partial charge in [-0.15, -0.1) is 18.3 Å². The number of hydrogen-bond donors (Lipinski definition) is 1. The lowest BCUT2D eigenvalue weighted by molar-refractivity contribution is -0.274. The first-order valence-electron chi connectivity index (χ1n) is 15.1. The molecule has 9 nitrogen and oxygen atoms in total. The van der Waals surface area contributed by atoms with Crippen LogP contribution in [0.2, 0.25) is 0 Å². The van der Waals surface area contributed by atoms with Crippen molar-refractivity contribution in [2.75, 3.05) is 10.7 Å². The van der Waals surface area contributed by atoms with E-state index < -0.39 is 12.4 Å². The fraction of sp³-hybridized carbons (Fsp3) is 0.324. The zero-order chi connectivity index (χ0) is 34.1. The Kier molecular flexibility index (Phi) is 11.8. The molecule has 3 amide bonds. The van der Waals surface area contributed by atoms with E-state index in [1.54, 1.807) is 0 Å². The highest BCUT2D eigenvalue weighted by Crippen LogP contribution is 2.30. The van der Waals surface area contributed by atoms with Crippen LogP contribution in [-0.4, -0.2) is 50.5 Å². The molecule has 0 bridgehead atoms. The van der Waals surface area contributed by atoms with Gasteiger partial charge in [-0.2, -0.15) is 4.99 Å². The highest BCUT2D eigenvalue weighted by molar-refractivity contribution is 8.14. The van der Waals surface area contributed by atoms with Gasteiger partial charge in [0.05, 0.1) is 11.4 Å². The topological polar surface area (TPSA) is 102 Å². The van der Waals surface area contributed by atoms with Crippen molar-refractivity contribution in [1.82, 2.24) is 20.1 Å². The fourth-order valence-electron chi connectivity index (χ4n) is 4.81. The number of urea groups is 1. The molecule has 1 aromatic heterocycles. The quantitative estimate of drug-likeness (QED) is 0.0987. The number of carbonyl (C=O) groups excluding carboxylic acids is 2. The second-order valence-corrected chi connectivity index (χ2v) is 12.4. The highest BCUT2D eigenvalue weighted by Gasteiger charge is 2.31. The van der Waals surface area contributed by atoms with E-state index in [2.05, 4.69) is 39.0 Å². The maximum absolute atomic E-state index is 13.0. The number of thioether (sulfide) groups is 1. The van der Waals surface area contributed by atoms with Crippen LogP contribution in [0.3, 0.4) is 0 Å². The Balaban J connectivity index is 1.39. The number of aryl methyl sites for hydroxylation is 2. The Bertz CT molecular complexity index is 1710. The van der Waals surface area contributed by atoms with Gasteiger partial charge in [-0.1, -0.05) is 62.9 Å². The van der Waals surface area contributed by atoms with Gasteiger partial charge in [0.25, 0.3) is 0 Å². The number of anilines is 1. The number of ether oxygens (including phenoxy) is 1. The molecule has 0 aliphatic heterocycles. The lowest BCUT2D eigenvalue weighted by Gasteiger charge is -2.24. The standard InChI is InChI=1S/C34H37F3N6O3S/c1-6-47-33(42(21-44)30-18-23(4)10-17-29(30)22(2)3)40-32(45)39-24(5)11-12-25-8-7-9-26(19-25)31-38-20-43(41-31)27-13-15-28(16-14-27)46-34(35,36)37/h7-10,13-22,24H,6,11-12H2,1-5H3,(H,39,45)/b40-33-. The molecule has 1 unspecified atom stereocenters. The van der Waals surface area contributed by atoms with Crippen molar-refractivity contribution in [3.8, 4) is 22.8 Å². The molecule has 4 aromatic rings. The number of amides is 3. The van der Waals surface area contributed by atoms with Crippen molar-refractivity contribution in [3.63, 3.8) is 0 Å². The Labute approximate surface area is 276 Å². The maximum Gasteiger partial charge on any atom is 0.573 e. The Morgan fingerprint density at radius 3 is 2.51 bits per heavy atom. The summed E-state index contributed by atoms with van der Waals surface area (Å²) in [6, 6.07) is 18.2. The number of halogens is 3. The van der Waals surface area contributed by atoms with Crippen molar-refractivity contribution in [3.05, 3.63) is 89.7 Å². The number of nitrogens with zero attached hydrogens (tertiary/aromatic N) is 5. The minimum absolute atomic E-state index is 0.169. The molecule has 0 saturated heterocycles. The molecule has 1 N–H and O–H groups in total. The van der Waals surface area contributed by atoms with Crippen LogP contribution < -0.4 is 15.0 Å². The second-order valence-electron chi connectivity index (χ2n) is 11.2. The van der Waals surface area contributed by atoms with Crippen LogP contribution in [0.1, 0.15) is 56.7 Å². The predicted octanol–water partition coefficient (Wildman–Crippen LogP) is 8.07. The summed E-state index contributed by atoms with van der Waals surface area (Å²) in [5, 5.41) is 7.71. The lowest BCUT2D eigenvalue weighted by Crippen LogP contribution is -2.34. The van der Waals surface area contributed by atoms with Crippen molar-refractivity contribution in [2.45, 2.75) is 65.8 Å². The first kappa shape index (κ1) is 35.2. The summed E-state index contributed by atoms with van der Waals surface area (Å²) in [5.41, 5.74) is 5.00. The maximum atomic E-state index is 13.0. The molecule has 0 spiro atoms. The third-order valence-electron chi connectivity index (χ3n) is 7.10. The molecule has 1 heterocycles. The largest absolute Gasteiger partial charge is 0.573 e. The minimum Gasteiger partial charge on any atom is -0.406 e. The molecule has 0 radical (unpaired) electrons. The first-order chi connectivity index (χ1) is 22.4. The Morgan fingerprint density at radius 2 is 1.85 bits per heavy atom. The number of amidine groups is 1. The van der Waals surface area contributed by atoms with E-state index >= 15 is 0 Å². The van der Waals surface area contributed by atoms with Crippen LogP contribution in [0.5, 0.6) is 5.75 Å². The monoisotopic (exact) mass is 666 g/mol. The van der Waals surface area contributed by atoms with Crippen molar-refractivity contribution < 1.29 is 27.5 Å². The molecule has 0 aliphatic carbocycles. The van der Waals surface area contributed by atoms with Gasteiger partial charge in [0, 0.05) is 11.6 Å². The van der Waals surface area contributed by atoms with E-state index in [1.165, 1.54) is 51.9 Å². The number of carbonyl (C=O) groups is 2. The van der Waals surface area contributed by atoms with Gasteiger partial charge < -0.3 is 10.1 Å². The number of hydrogen-bond acceptors (Lipinski definition) is 6. The molecule has 1 atom stereocenters. The summed E-state index contributed by atoms with van der Waals surface area (Å²) < 4.78 is 42.8. The number of benzene rings is 3. The van der Waals surface area contributed by atoms with Crippen LogP contribution in [-0.2, 0) is 11.2 Å². The number of aliphatic imine (C=N–C) groups is 1. The van der Waals surface area contributed by atoms with Crippen LogP contribution in [0.25, 0.3) is 17.1 Å². The van der Waals surface area contributed by atoms with Gasteiger partial charge in [-0.3, -0.25) is 9.69 Å². The third kappa shape index (κ3) is 9.92. The smallest absolute Gasteiger partial charge is 0.406 e. The fourth-order valence-corrected chi connectivity index (χ4v) is 5.50. The molecular weight excluding hydrogens is 629 g/mol. The third-order valence-corrected chi connectivity index (χ3v) is 7.93. The molecule has 0 fully saturated rings. The molecule has 0 aliphatic rings. The zero-order valence-electron chi connectivity index (χ0n) is 26.8. The second kappa shape index (κ2) is 15.8. The van der Waals surface area contributed by atoms with E-state index in [4.69, 9.17) is 0 Å². The number of rotatable bonds is 11. The van der Waals surface area contributed by atoms with E-state index in [0.717, 1.165) is 22.3 Å². The van der Waals surface area contributed by atoms with Gasteiger partial charge in [-0.25, -0.2) is 14.5 Å². The summed E-state index contributed by atoms with van der Waals surface area (Å²) in [4.78, 5) is 35.4. The van der Waals surface area contributed by atoms with Crippen molar-refractivity contribution in [2.24, 2.45) is 4.99 Å². The van der Waals surface area contributed by atoms with Crippen molar-refractivity contribution >= 4 is 35.1 Å². The Morgan fingerprint density at radius 1 is 1.11 bits per heavy atom. The number of nitrogens with one attached hydrogen (secondary N) is 1. The van der Waals surface area contributed by atoms with Gasteiger partial charge in [0.15, 0.2) is 11.0 Å².